The lowest BCUT2D eigenvalue weighted by Crippen LogP contribution is -2.10. The van der Waals surface area contributed by atoms with Gasteiger partial charge in [-0.3, -0.25) is 4.79 Å². The van der Waals surface area contributed by atoms with Gasteiger partial charge in [-0.25, -0.2) is 4.98 Å². The number of anilines is 1. The SMILES string of the molecule is COc1ccc(-c2cc(C)c3c(N)c(C(N)=O)sc3n2)cc1. The highest BCUT2D eigenvalue weighted by molar-refractivity contribution is 7.21. The van der Waals surface area contributed by atoms with E-state index in [9.17, 15) is 4.79 Å². The van der Waals surface area contributed by atoms with Gasteiger partial charge in [-0.1, -0.05) is 0 Å². The molecule has 112 valence electrons. The number of thiophene rings is 1. The van der Waals surface area contributed by atoms with Gasteiger partial charge in [0, 0.05) is 10.9 Å². The van der Waals surface area contributed by atoms with Crippen LogP contribution >= 0.6 is 11.3 Å². The zero-order chi connectivity index (χ0) is 15.9. The van der Waals surface area contributed by atoms with Gasteiger partial charge in [0.05, 0.1) is 18.5 Å². The summed E-state index contributed by atoms with van der Waals surface area (Å²) < 4.78 is 5.16. The molecule has 2 aromatic heterocycles. The molecule has 0 fully saturated rings. The number of nitrogens with zero attached hydrogens (tertiary/aromatic N) is 1. The number of aromatic nitrogens is 1. The normalized spacial score (nSPS) is 10.8. The van der Waals surface area contributed by atoms with Crippen LogP contribution in [0.3, 0.4) is 0 Å². The molecule has 0 aliphatic heterocycles. The smallest absolute Gasteiger partial charge is 0.260 e. The van der Waals surface area contributed by atoms with Crippen LogP contribution in [0.25, 0.3) is 21.5 Å². The van der Waals surface area contributed by atoms with E-state index in [1.807, 2.05) is 37.3 Å². The standard InChI is InChI=1S/C16H15N3O2S/c1-8-7-11(9-3-5-10(21-2)6-4-9)19-16-12(8)13(17)14(22-16)15(18)20/h3-7H,17H2,1-2H3,(H2,18,20). The number of carbonyl (C=O) groups excluding carboxylic acids is 1. The second kappa shape index (κ2) is 5.31. The Hall–Kier alpha value is -2.60. The monoisotopic (exact) mass is 313 g/mol. The van der Waals surface area contributed by atoms with Crippen molar-refractivity contribution in [2.45, 2.75) is 6.92 Å². The minimum Gasteiger partial charge on any atom is -0.497 e. The minimum atomic E-state index is -0.522. The predicted octanol–water partition coefficient (Wildman–Crippen LogP) is 2.96. The zero-order valence-electron chi connectivity index (χ0n) is 12.2. The quantitative estimate of drug-likeness (QED) is 0.777. The summed E-state index contributed by atoms with van der Waals surface area (Å²) in [6.07, 6.45) is 0. The van der Waals surface area contributed by atoms with E-state index in [1.165, 1.54) is 11.3 Å². The van der Waals surface area contributed by atoms with Crippen molar-refractivity contribution in [2.24, 2.45) is 5.73 Å². The maximum Gasteiger partial charge on any atom is 0.260 e. The number of carbonyl (C=O) groups is 1. The van der Waals surface area contributed by atoms with E-state index in [4.69, 9.17) is 16.2 Å². The molecule has 0 saturated carbocycles. The highest BCUT2D eigenvalue weighted by Crippen LogP contribution is 2.36. The lowest BCUT2D eigenvalue weighted by atomic mass is 10.1. The van der Waals surface area contributed by atoms with Gasteiger partial charge in [0.15, 0.2) is 0 Å². The van der Waals surface area contributed by atoms with Gasteiger partial charge >= 0.3 is 0 Å². The summed E-state index contributed by atoms with van der Waals surface area (Å²) in [6.45, 7) is 1.95. The van der Waals surface area contributed by atoms with E-state index in [0.29, 0.717) is 10.6 Å². The van der Waals surface area contributed by atoms with E-state index >= 15 is 0 Å². The molecule has 1 aromatic carbocycles. The molecule has 0 spiro atoms. The van der Waals surface area contributed by atoms with Crippen molar-refractivity contribution in [3.8, 4) is 17.0 Å². The fraction of sp³-hybridized carbons (Fsp3) is 0.125. The number of pyridine rings is 1. The number of amides is 1. The number of ether oxygens (including phenoxy) is 1. The van der Waals surface area contributed by atoms with Crippen LogP contribution in [0.1, 0.15) is 15.2 Å². The molecule has 5 nitrogen and oxygen atoms in total. The van der Waals surface area contributed by atoms with Gasteiger partial charge in [0.2, 0.25) is 0 Å². The summed E-state index contributed by atoms with van der Waals surface area (Å²) in [5.41, 5.74) is 14.6. The van der Waals surface area contributed by atoms with E-state index in [1.54, 1.807) is 7.11 Å². The lowest BCUT2D eigenvalue weighted by molar-refractivity contribution is 0.100. The number of nitrogens with two attached hydrogens (primary N) is 2. The number of primary amides is 1. The summed E-state index contributed by atoms with van der Waals surface area (Å²) in [4.78, 5) is 17.1. The third-order valence-corrected chi connectivity index (χ3v) is 4.62. The first kappa shape index (κ1) is 14.3. The first-order valence-corrected chi connectivity index (χ1v) is 7.46. The summed E-state index contributed by atoms with van der Waals surface area (Å²) in [5.74, 6) is 0.267. The number of hydrogen-bond acceptors (Lipinski definition) is 5. The van der Waals surface area contributed by atoms with Crippen molar-refractivity contribution in [1.29, 1.82) is 0 Å². The predicted molar refractivity (Wildman–Crippen MR) is 89.3 cm³/mol. The molecular formula is C16H15N3O2S. The zero-order valence-corrected chi connectivity index (χ0v) is 13.0. The van der Waals surface area contributed by atoms with Gasteiger partial charge < -0.3 is 16.2 Å². The summed E-state index contributed by atoms with van der Waals surface area (Å²) >= 11 is 1.23. The Bertz CT molecular complexity index is 869. The Morgan fingerprint density at radius 1 is 1.27 bits per heavy atom. The molecule has 2 heterocycles. The van der Waals surface area contributed by atoms with E-state index in [-0.39, 0.29) is 0 Å². The van der Waals surface area contributed by atoms with Crippen molar-refractivity contribution in [2.75, 3.05) is 12.8 Å². The van der Waals surface area contributed by atoms with Crippen molar-refractivity contribution in [3.05, 3.63) is 40.8 Å². The maximum atomic E-state index is 11.4. The van der Waals surface area contributed by atoms with Crippen molar-refractivity contribution in [3.63, 3.8) is 0 Å². The van der Waals surface area contributed by atoms with E-state index < -0.39 is 5.91 Å². The number of benzene rings is 1. The van der Waals surface area contributed by atoms with Crippen LogP contribution in [0.5, 0.6) is 5.75 Å². The first-order chi connectivity index (χ1) is 10.5. The molecule has 0 aliphatic rings. The van der Waals surface area contributed by atoms with Gasteiger partial charge in [0.25, 0.3) is 5.91 Å². The second-order valence-corrected chi connectivity index (χ2v) is 5.94. The average Bonchev–Trinajstić information content (AvgIpc) is 2.85. The van der Waals surface area contributed by atoms with Crippen LogP contribution in [0.15, 0.2) is 30.3 Å². The largest absolute Gasteiger partial charge is 0.497 e. The summed E-state index contributed by atoms with van der Waals surface area (Å²) in [7, 11) is 1.63. The molecule has 0 bridgehead atoms. The molecule has 3 aromatic rings. The van der Waals surface area contributed by atoms with Crippen molar-refractivity contribution in [1.82, 2.24) is 4.98 Å². The fourth-order valence-electron chi connectivity index (χ4n) is 2.40. The van der Waals surface area contributed by atoms with Gasteiger partial charge in [-0.15, -0.1) is 11.3 Å². The number of hydrogen-bond donors (Lipinski definition) is 2. The fourth-order valence-corrected chi connectivity index (χ4v) is 3.43. The van der Waals surface area contributed by atoms with Crippen LogP contribution < -0.4 is 16.2 Å². The Balaban J connectivity index is 2.17. The van der Waals surface area contributed by atoms with Crippen LogP contribution in [0.2, 0.25) is 0 Å². The minimum absolute atomic E-state index is 0.359. The number of methoxy groups -OCH3 is 1. The number of rotatable bonds is 3. The lowest BCUT2D eigenvalue weighted by Gasteiger charge is -2.05. The molecule has 0 unspecified atom stereocenters. The van der Waals surface area contributed by atoms with Gasteiger partial charge in [-0.2, -0.15) is 0 Å². The Kier molecular flexibility index (Phi) is 3.46. The second-order valence-electron chi connectivity index (χ2n) is 4.94. The van der Waals surface area contributed by atoms with Crippen LogP contribution in [0.4, 0.5) is 5.69 Å². The topological polar surface area (TPSA) is 91.2 Å². The van der Waals surface area contributed by atoms with Crippen LogP contribution in [0, 0.1) is 6.92 Å². The molecule has 0 radical (unpaired) electrons. The highest BCUT2D eigenvalue weighted by atomic mass is 32.1. The summed E-state index contributed by atoms with van der Waals surface area (Å²) in [5, 5.41) is 0.802. The van der Waals surface area contributed by atoms with E-state index in [0.717, 1.165) is 32.8 Å². The molecular weight excluding hydrogens is 298 g/mol. The van der Waals surface area contributed by atoms with Crippen LogP contribution in [-0.4, -0.2) is 18.0 Å². The van der Waals surface area contributed by atoms with Gasteiger partial charge in [0.1, 0.15) is 15.5 Å². The number of fused-ring (bicyclic) bond motifs is 1. The molecule has 3 rings (SSSR count). The molecule has 1 amide bonds. The average molecular weight is 313 g/mol. The first-order valence-electron chi connectivity index (χ1n) is 6.65. The van der Waals surface area contributed by atoms with Crippen molar-refractivity contribution < 1.29 is 9.53 Å². The highest BCUT2D eigenvalue weighted by Gasteiger charge is 2.17. The molecule has 0 saturated heterocycles. The number of nitrogen functional groups attached to an aromatic ring is 1. The van der Waals surface area contributed by atoms with Gasteiger partial charge in [-0.05, 0) is 42.8 Å². The molecule has 4 N–H and O–H groups in total. The van der Waals surface area contributed by atoms with Crippen LogP contribution in [-0.2, 0) is 0 Å². The molecule has 0 aliphatic carbocycles. The molecule has 0 atom stereocenters. The third kappa shape index (κ3) is 2.27. The number of aryl methyl sites for hydroxylation is 1. The Labute approximate surface area is 131 Å². The Morgan fingerprint density at radius 3 is 2.55 bits per heavy atom. The molecule has 22 heavy (non-hydrogen) atoms. The molecule has 6 heteroatoms. The van der Waals surface area contributed by atoms with E-state index in [2.05, 4.69) is 4.98 Å². The Morgan fingerprint density at radius 2 is 1.95 bits per heavy atom. The van der Waals surface area contributed by atoms with Crippen molar-refractivity contribution >= 4 is 33.1 Å². The maximum absolute atomic E-state index is 11.4. The summed E-state index contributed by atoms with van der Waals surface area (Å²) in [6, 6.07) is 9.61. The third-order valence-electron chi connectivity index (χ3n) is 3.51.